The highest BCUT2D eigenvalue weighted by atomic mass is 35.5. The third kappa shape index (κ3) is 3.08. The van der Waals surface area contributed by atoms with Crippen LogP contribution in [0, 0.1) is 5.82 Å². The Labute approximate surface area is 104 Å². The van der Waals surface area contributed by atoms with Gasteiger partial charge in [-0.05, 0) is 36.4 Å². The van der Waals surface area contributed by atoms with E-state index in [2.05, 4.69) is 0 Å². The van der Waals surface area contributed by atoms with Crippen molar-refractivity contribution in [3.8, 4) is 5.75 Å². The molecular weight excluding hydrogens is 239 g/mol. The van der Waals surface area contributed by atoms with Gasteiger partial charge in [0.1, 0.15) is 17.3 Å². The second kappa shape index (κ2) is 5.51. The van der Waals surface area contributed by atoms with Gasteiger partial charge in [-0.3, -0.25) is 0 Å². The molecule has 0 saturated carbocycles. The highest BCUT2D eigenvalue weighted by molar-refractivity contribution is 6.27. The summed E-state index contributed by atoms with van der Waals surface area (Å²) in [7, 11) is 0. The minimum atomic E-state index is -0.289. The van der Waals surface area contributed by atoms with Crippen LogP contribution in [0.2, 0.25) is 0 Å². The van der Waals surface area contributed by atoms with Crippen molar-refractivity contribution in [3.63, 3.8) is 0 Å². The minimum absolute atomic E-state index is 0.289. The van der Waals surface area contributed by atoms with E-state index in [1.165, 1.54) is 17.7 Å². The molecule has 0 heterocycles. The summed E-state index contributed by atoms with van der Waals surface area (Å²) in [5.41, 5.74) is 2.06. The van der Waals surface area contributed by atoms with Gasteiger partial charge < -0.3 is 4.74 Å². The van der Waals surface area contributed by atoms with Crippen molar-refractivity contribution < 1.29 is 9.13 Å². The first-order chi connectivity index (χ1) is 8.29. The summed E-state index contributed by atoms with van der Waals surface area (Å²) >= 11 is 5.71. The highest BCUT2D eigenvalue weighted by Crippen LogP contribution is 2.21. The Balaban J connectivity index is 2.21. The number of hydrogen-bond donors (Lipinski definition) is 0. The summed E-state index contributed by atoms with van der Waals surface area (Å²) in [6.07, 6.45) is 0. The zero-order valence-corrected chi connectivity index (χ0v) is 9.69. The number of ether oxygens (including phenoxy) is 1. The summed E-state index contributed by atoms with van der Waals surface area (Å²) in [6.45, 7) is 0. The van der Waals surface area contributed by atoms with Crippen molar-refractivity contribution in [3.05, 3.63) is 71.5 Å². The van der Waals surface area contributed by atoms with Gasteiger partial charge in [-0.15, -0.1) is 0 Å². The lowest BCUT2D eigenvalue weighted by atomic mass is 10.2. The molecule has 0 fully saturated rings. The molecule has 0 amide bonds. The van der Waals surface area contributed by atoms with Gasteiger partial charge in [-0.25, -0.2) is 4.39 Å². The summed E-state index contributed by atoms with van der Waals surface area (Å²) in [5.74, 6) is 0.879. The SMILES string of the molecule is Fc1ccc(/C(=C/Cl)Oc2ccccc2)cc1. The van der Waals surface area contributed by atoms with Gasteiger partial charge in [0.15, 0.2) is 0 Å². The monoisotopic (exact) mass is 248 g/mol. The average molecular weight is 249 g/mol. The van der Waals surface area contributed by atoms with E-state index in [1.807, 2.05) is 30.3 Å². The molecule has 17 heavy (non-hydrogen) atoms. The van der Waals surface area contributed by atoms with Crippen LogP contribution in [0.15, 0.2) is 60.1 Å². The molecule has 86 valence electrons. The zero-order chi connectivity index (χ0) is 12.1. The lowest BCUT2D eigenvalue weighted by molar-refractivity contribution is 0.515. The molecule has 0 spiro atoms. The zero-order valence-electron chi connectivity index (χ0n) is 8.94. The summed E-state index contributed by atoms with van der Waals surface area (Å²) in [5, 5.41) is 0. The Bertz CT molecular complexity index is 506. The molecule has 0 aromatic heterocycles. The Morgan fingerprint density at radius 2 is 1.65 bits per heavy atom. The first-order valence-electron chi connectivity index (χ1n) is 5.09. The van der Waals surface area contributed by atoms with Crippen LogP contribution in [0.1, 0.15) is 5.56 Å². The van der Waals surface area contributed by atoms with Crippen molar-refractivity contribution in [1.82, 2.24) is 0 Å². The van der Waals surface area contributed by atoms with Gasteiger partial charge in [0, 0.05) is 11.1 Å². The van der Waals surface area contributed by atoms with E-state index in [4.69, 9.17) is 16.3 Å². The molecule has 0 radical (unpaired) electrons. The smallest absolute Gasteiger partial charge is 0.145 e. The molecule has 2 rings (SSSR count). The molecule has 0 saturated heterocycles. The molecular formula is C14H10ClFO. The molecule has 0 N–H and O–H groups in total. The molecule has 3 heteroatoms. The van der Waals surface area contributed by atoms with E-state index in [1.54, 1.807) is 12.1 Å². The number of para-hydroxylation sites is 1. The number of benzene rings is 2. The topological polar surface area (TPSA) is 9.23 Å². The fourth-order valence-corrected chi connectivity index (χ4v) is 1.54. The number of rotatable bonds is 3. The fraction of sp³-hybridized carbons (Fsp3) is 0. The molecule has 0 bridgehead atoms. The lowest BCUT2D eigenvalue weighted by Gasteiger charge is -2.09. The van der Waals surface area contributed by atoms with Gasteiger partial charge in [-0.1, -0.05) is 29.8 Å². The third-order valence-electron chi connectivity index (χ3n) is 2.20. The van der Waals surface area contributed by atoms with Crippen LogP contribution in [-0.4, -0.2) is 0 Å². The summed E-state index contributed by atoms with van der Waals surface area (Å²) in [4.78, 5) is 0. The largest absolute Gasteiger partial charge is 0.456 e. The summed E-state index contributed by atoms with van der Waals surface area (Å²) < 4.78 is 18.4. The molecule has 0 aliphatic carbocycles. The molecule has 2 aromatic rings. The Morgan fingerprint density at radius 1 is 1.00 bits per heavy atom. The maximum absolute atomic E-state index is 12.8. The van der Waals surface area contributed by atoms with E-state index in [0.717, 1.165) is 5.56 Å². The van der Waals surface area contributed by atoms with Crippen molar-refractivity contribution >= 4 is 17.4 Å². The number of hydrogen-bond acceptors (Lipinski definition) is 1. The summed E-state index contributed by atoms with van der Waals surface area (Å²) in [6, 6.07) is 15.2. The van der Waals surface area contributed by atoms with Crippen molar-refractivity contribution in [2.75, 3.05) is 0 Å². The molecule has 0 aliphatic rings. The second-order valence-electron chi connectivity index (χ2n) is 3.40. The number of halogens is 2. The normalized spacial score (nSPS) is 11.3. The van der Waals surface area contributed by atoms with Crippen LogP contribution >= 0.6 is 11.6 Å². The molecule has 0 unspecified atom stereocenters. The maximum atomic E-state index is 12.8. The second-order valence-corrected chi connectivity index (χ2v) is 3.61. The predicted octanol–water partition coefficient (Wildman–Crippen LogP) is 4.44. The first-order valence-corrected chi connectivity index (χ1v) is 5.52. The average Bonchev–Trinajstić information content (AvgIpc) is 2.38. The Morgan fingerprint density at radius 3 is 2.24 bits per heavy atom. The van der Waals surface area contributed by atoms with E-state index >= 15 is 0 Å². The van der Waals surface area contributed by atoms with Crippen molar-refractivity contribution in [2.45, 2.75) is 0 Å². The van der Waals surface area contributed by atoms with Crippen LogP contribution in [0.3, 0.4) is 0 Å². The van der Waals surface area contributed by atoms with Crippen LogP contribution in [0.25, 0.3) is 5.76 Å². The van der Waals surface area contributed by atoms with Crippen LogP contribution in [0.4, 0.5) is 4.39 Å². The molecule has 0 atom stereocenters. The Kier molecular flexibility index (Phi) is 3.78. The van der Waals surface area contributed by atoms with Crippen molar-refractivity contribution in [2.24, 2.45) is 0 Å². The Hall–Kier alpha value is -1.80. The van der Waals surface area contributed by atoms with E-state index < -0.39 is 0 Å². The van der Waals surface area contributed by atoms with Gasteiger partial charge in [0.2, 0.25) is 0 Å². The molecule has 2 aromatic carbocycles. The van der Waals surface area contributed by atoms with Gasteiger partial charge in [0.05, 0.1) is 0 Å². The highest BCUT2D eigenvalue weighted by Gasteiger charge is 2.04. The van der Waals surface area contributed by atoms with E-state index in [-0.39, 0.29) is 5.82 Å². The van der Waals surface area contributed by atoms with E-state index in [0.29, 0.717) is 11.5 Å². The maximum Gasteiger partial charge on any atom is 0.145 e. The molecule has 1 nitrogen and oxygen atoms in total. The van der Waals surface area contributed by atoms with Crippen LogP contribution < -0.4 is 4.74 Å². The van der Waals surface area contributed by atoms with Gasteiger partial charge >= 0.3 is 0 Å². The van der Waals surface area contributed by atoms with E-state index in [9.17, 15) is 4.39 Å². The third-order valence-corrected chi connectivity index (χ3v) is 2.40. The first kappa shape index (κ1) is 11.7. The predicted molar refractivity (Wildman–Crippen MR) is 67.3 cm³/mol. The van der Waals surface area contributed by atoms with Gasteiger partial charge in [0.25, 0.3) is 0 Å². The van der Waals surface area contributed by atoms with Crippen LogP contribution in [-0.2, 0) is 0 Å². The quantitative estimate of drug-likeness (QED) is 0.730. The minimum Gasteiger partial charge on any atom is -0.456 e. The lowest BCUT2D eigenvalue weighted by Crippen LogP contribution is -1.94. The van der Waals surface area contributed by atoms with Gasteiger partial charge in [-0.2, -0.15) is 0 Å². The fourth-order valence-electron chi connectivity index (χ4n) is 1.37. The van der Waals surface area contributed by atoms with Crippen molar-refractivity contribution in [1.29, 1.82) is 0 Å². The standard InChI is InChI=1S/C14H10ClFO/c15-10-14(11-6-8-12(16)9-7-11)17-13-4-2-1-3-5-13/h1-10H/b14-10-. The molecule has 0 aliphatic heterocycles. The van der Waals surface area contributed by atoms with Crippen LogP contribution in [0.5, 0.6) is 5.75 Å².